The van der Waals surface area contributed by atoms with Gasteiger partial charge in [0.1, 0.15) is 6.17 Å². The van der Waals surface area contributed by atoms with E-state index in [1.54, 1.807) is 7.11 Å². The van der Waals surface area contributed by atoms with Crippen molar-refractivity contribution >= 4 is 5.91 Å². The fourth-order valence-corrected chi connectivity index (χ4v) is 2.67. The number of amides is 1. The molecule has 0 bridgehead atoms. The van der Waals surface area contributed by atoms with E-state index in [0.29, 0.717) is 6.61 Å². The van der Waals surface area contributed by atoms with Gasteiger partial charge >= 0.3 is 0 Å². The van der Waals surface area contributed by atoms with E-state index in [9.17, 15) is 4.79 Å². The Labute approximate surface area is 114 Å². The van der Waals surface area contributed by atoms with E-state index < -0.39 is 0 Å². The lowest BCUT2D eigenvalue weighted by molar-refractivity contribution is -0.132. The third-order valence-corrected chi connectivity index (χ3v) is 3.68. The quantitative estimate of drug-likeness (QED) is 0.900. The van der Waals surface area contributed by atoms with Crippen molar-refractivity contribution in [1.29, 1.82) is 0 Å². The SMILES string of the molecule is COCC(C)N1C(=O)C(C)NC1c1ccccc1C. The number of benzene rings is 1. The van der Waals surface area contributed by atoms with Gasteiger partial charge in [0.25, 0.3) is 0 Å². The normalized spacial score (nSPS) is 24.8. The van der Waals surface area contributed by atoms with Crippen molar-refractivity contribution in [2.45, 2.75) is 39.0 Å². The van der Waals surface area contributed by atoms with E-state index in [1.807, 2.05) is 30.9 Å². The predicted octanol–water partition coefficient (Wildman–Crippen LogP) is 1.85. The highest BCUT2D eigenvalue weighted by molar-refractivity contribution is 5.84. The lowest BCUT2D eigenvalue weighted by Crippen LogP contribution is -2.40. The zero-order chi connectivity index (χ0) is 14.0. The summed E-state index contributed by atoms with van der Waals surface area (Å²) in [5.74, 6) is 0.137. The van der Waals surface area contributed by atoms with E-state index >= 15 is 0 Å². The molecule has 104 valence electrons. The Morgan fingerprint density at radius 1 is 1.42 bits per heavy atom. The van der Waals surface area contributed by atoms with Gasteiger partial charge in [-0.1, -0.05) is 24.3 Å². The number of rotatable bonds is 4. The fraction of sp³-hybridized carbons (Fsp3) is 0.533. The predicted molar refractivity (Wildman–Crippen MR) is 74.7 cm³/mol. The number of carbonyl (C=O) groups excluding carboxylic acids is 1. The van der Waals surface area contributed by atoms with Gasteiger partial charge < -0.3 is 9.64 Å². The van der Waals surface area contributed by atoms with Crippen LogP contribution in [0, 0.1) is 6.92 Å². The largest absolute Gasteiger partial charge is 0.383 e. The van der Waals surface area contributed by atoms with Crippen LogP contribution in [0.5, 0.6) is 0 Å². The van der Waals surface area contributed by atoms with Gasteiger partial charge in [-0.25, -0.2) is 0 Å². The smallest absolute Gasteiger partial charge is 0.241 e. The lowest BCUT2D eigenvalue weighted by Gasteiger charge is -2.31. The molecule has 0 saturated carbocycles. The van der Waals surface area contributed by atoms with Crippen LogP contribution in [0.4, 0.5) is 0 Å². The minimum Gasteiger partial charge on any atom is -0.383 e. The van der Waals surface area contributed by atoms with Crippen molar-refractivity contribution in [1.82, 2.24) is 10.2 Å². The van der Waals surface area contributed by atoms with Gasteiger partial charge in [-0.15, -0.1) is 0 Å². The zero-order valence-electron chi connectivity index (χ0n) is 12.0. The van der Waals surface area contributed by atoms with Crippen LogP contribution < -0.4 is 5.32 Å². The van der Waals surface area contributed by atoms with Crippen molar-refractivity contribution in [3.05, 3.63) is 35.4 Å². The van der Waals surface area contributed by atoms with E-state index in [4.69, 9.17) is 4.74 Å². The lowest BCUT2D eigenvalue weighted by atomic mass is 10.1. The molecule has 0 spiro atoms. The summed E-state index contributed by atoms with van der Waals surface area (Å²) in [6.45, 7) is 6.55. The monoisotopic (exact) mass is 262 g/mol. The third-order valence-electron chi connectivity index (χ3n) is 3.68. The van der Waals surface area contributed by atoms with Crippen molar-refractivity contribution in [3.63, 3.8) is 0 Å². The highest BCUT2D eigenvalue weighted by Crippen LogP contribution is 2.29. The summed E-state index contributed by atoms with van der Waals surface area (Å²) < 4.78 is 5.19. The Kier molecular flexibility index (Phi) is 4.22. The topological polar surface area (TPSA) is 41.6 Å². The van der Waals surface area contributed by atoms with Crippen LogP contribution in [0.2, 0.25) is 0 Å². The molecular formula is C15H22N2O2. The summed E-state index contributed by atoms with van der Waals surface area (Å²) in [4.78, 5) is 14.2. The van der Waals surface area contributed by atoms with Crippen LogP contribution >= 0.6 is 0 Å². The number of hydrogen-bond donors (Lipinski definition) is 1. The number of aryl methyl sites for hydroxylation is 1. The van der Waals surface area contributed by atoms with Crippen molar-refractivity contribution in [3.8, 4) is 0 Å². The molecule has 4 heteroatoms. The third kappa shape index (κ3) is 2.65. The molecule has 1 aromatic carbocycles. The van der Waals surface area contributed by atoms with Gasteiger partial charge in [0.15, 0.2) is 0 Å². The number of carbonyl (C=O) groups is 1. The van der Waals surface area contributed by atoms with Gasteiger partial charge in [-0.2, -0.15) is 0 Å². The second-order valence-corrected chi connectivity index (χ2v) is 5.20. The van der Waals surface area contributed by atoms with E-state index in [1.165, 1.54) is 5.56 Å². The fourth-order valence-electron chi connectivity index (χ4n) is 2.67. The average molecular weight is 262 g/mol. The minimum atomic E-state index is -0.149. The van der Waals surface area contributed by atoms with E-state index in [-0.39, 0.29) is 24.2 Å². The summed E-state index contributed by atoms with van der Waals surface area (Å²) in [6.07, 6.45) is -0.0613. The molecule has 2 rings (SSSR count). The number of nitrogens with zero attached hydrogens (tertiary/aromatic N) is 1. The first-order chi connectivity index (χ1) is 9.06. The number of nitrogens with one attached hydrogen (secondary N) is 1. The molecule has 1 heterocycles. The molecular weight excluding hydrogens is 240 g/mol. The Morgan fingerprint density at radius 3 is 2.74 bits per heavy atom. The molecule has 1 N–H and O–H groups in total. The second kappa shape index (κ2) is 5.72. The van der Waals surface area contributed by atoms with Gasteiger partial charge in [-0.05, 0) is 31.9 Å². The maximum atomic E-state index is 12.3. The van der Waals surface area contributed by atoms with Gasteiger partial charge in [0.05, 0.1) is 18.7 Å². The van der Waals surface area contributed by atoms with Crippen molar-refractivity contribution in [2.24, 2.45) is 0 Å². The molecule has 0 radical (unpaired) electrons. The van der Waals surface area contributed by atoms with Crippen LogP contribution in [0.1, 0.15) is 31.1 Å². The summed E-state index contributed by atoms with van der Waals surface area (Å²) in [5, 5.41) is 3.37. The maximum Gasteiger partial charge on any atom is 0.241 e. The Morgan fingerprint density at radius 2 is 2.11 bits per heavy atom. The zero-order valence-corrected chi connectivity index (χ0v) is 12.0. The first-order valence-electron chi connectivity index (χ1n) is 6.69. The van der Waals surface area contributed by atoms with Crippen LogP contribution in [0.3, 0.4) is 0 Å². The summed E-state index contributed by atoms with van der Waals surface area (Å²) in [7, 11) is 1.66. The average Bonchev–Trinajstić information content (AvgIpc) is 2.66. The molecule has 3 atom stereocenters. The van der Waals surface area contributed by atoms with E-state index in [0.717, 1.165) is 5.56 Å². The van der Waals surface area contributed by atoms with Gasteiger partial charge in [0.2, 0.25) is 5.91 Å². The van der Waals surface area contributed by atoms with Crippen LogP contribution in [-0.4, -0.2) is 36.6 Å². The molecule has 1 aliphatic heterocycles. The summed E-state index contributed by atoms with van der Waals surface area (Å²) in [5.41, 5.74) is 2.35. The van der Waals surface area contributed by atoms with Gasteiger partial charge in [-0.3, -0.25) is 10.1 Å². The Balaban J connectivity index is 2.32. The Hall–Kier alpha value is -1.39. The molecule has 1 aliphatic rings. The van der Waals surface area contributed by atoms with Crippen molar-refractivity contribution in [2.75, 3.05) is 13.7 Å². The first-order valence-corrected chi connectivity index (χ1v) is 6.69. The number of methoxy groups -OCH3 is 1. The summed E-state index contributed by atoms with van der Waals surface area (Å²) in [6, 6.07) is 8.08. The Bertz CT molecular complexity index is 461. The number of ether oxygens (including phenoxy) is 1. The molecule has 0 aromatic heterocycles. The molecule has 4 nitrogen and oxygen atoms in total. The standard InChI is InChI=1S/C15H22N2O2/c1-10-7-5-6-8-13(10)14-16-12(3)15(18)17(14)11(2)9-19-4/h5-8,11-12,14,16H,9H2,1-4H3. The minimum absolute atomic E-state index is 0.0551. The molecule has 3 unspecified atom stereocenters. The van der Waals surface area contributed by atoms with Crippen LogP contribution in [-0.2, 0) is 9.53 Å². The molecule has 1 saturated heterocycles. The molecule has 1 aromatic rings. The van der Waals surface area contributed by atoms with E-state index in [2.05, 4.69) is 24.4 Å². The van der Waals surface area contributed by atoms with Crippen LogP contribution in [0.15, 0.2) is 24.3 Å². The number of hydrogen-bond acceptors (Lipinski definition) is 3. The molecule has 1 fully saturated rings. The van der Waals surface area contributed by atoms with Crippen molar-refractivity contribution < 1.29 is 9.53 Å². The highest BCUT2D eigenvalue weighted by atomic mass is 16.5. The van der Waals surface area contributed by atoms with Gasteiger partial charge in [0, 0.05) is 7.11 Å². The first kappa shape index (κ1) is 14.0. The summed E-state index contributed by atoms with van der Waals surface area (Å²) >= 11 is 0. The molecule has 1 amide bonds. The molecule has 19 heavy (non-hydrogen) atoms. The molecule has 0 aliphatic carbocycles. The highest BCUT2D eigenvalue weighted by Gasteiger charge is 2.40. The maximum absolute atomic E-state index is 12.3. The van der Waals surface area contributed by atoms with Crippen LogP contribution in [0.25, 0.3) is 0 Å². The second-order valence-electron chi connectivity index (χ2n) is 5.20.